The first-order chi connectivity index (χ1) is 46.7. The molecular weight excluding hydrogens is 1140 g/mol. The van der Waals surface area contributed by atoms with Gasteiger partial charge in [0.2, 0.25) is 0 Å². The lowest BCUT2D eigenvalue weighted by atomic mass is 9.30. The lowest BCUT2D eigenvalue weighted by molar-refractivity contribution is 0.483. The molecule has 8 heteroatoms. The Morgan fingerprint density at radius 1 is 0.202 bits per heavy atom. The Kier molecular flexibility index (Phi) is 12.4. The third-order valence-corrected chi connectivity index (χ3v) is 19.4. The summed E-state index contributed by atoms with van der Waals surface area (Å²) in [5.41, 5.74) is 25.0. The average Bonchev–Trinajstić information content (AvgIpc) is 0.689. The molecule has 0 aliphatic carbocycles. The van der Waals surface area contributed by atoms with E-state index < -0.39 is 0 Å². The van der Waals surface area contributed by atoms with Crippen LogP contribution in [0.15, 0.2) is 340 Å². The summed E-state index contributed by atoms with van der Waals surface area (Å²) in [6.07, 6.45) is 0. The van der Waals surface area contributed by atoms with Gasteiger partial charge >= 0.3 is 0 Å². The fourth-order valence-electron chi connectivity index (χ4n) is 15.7. The van der Waals surface area contributed by atoms with Crippen molar-refractivity contribution >= 4 is 136 Å². The first-order valence-electron chi connectivity index (χ1n) is 32.3. The van der Waals surface area contributed by atoms with Crippen molar-refractivity contribution in [2.45, 2.75) is 0 Å². The van der Waals surface area contributed by atoms with Gasteiger partial charge in [0, 0.05) is 92.5 Å². The van der Waals surface area contributed by atoms with Gasteiger partial charge in [-0.1, -0.05) is 224 Å². The predicted octanol–water partition coefficient (Wildman–Crippen LogP) is 19.1. The minimum atomic E-state index is -0.198. The van der Waals surface area contributed by atoms with Crippen LogP contribution < -0.4 is 61.9 Å². The van der Waals surface area contributed by atoms with Crippen molar-refractivity contribution in [2.24, 2.45) is 0 Å². The summed E-state index contributed by atoms with van der Waals surface area (Å²) < 4.78 is 14.1. The van der Waals surface area contributed by atoms with Crippen LogP contribution in [-0.2, 0) is 0 Å². The van der Waals surface area contributed by atoms with Crippen LogP contribution in [0.4, 0.5) is 68.2 Å². The maximum atomic E-state index is 7.09. The molecule has 0 radical (unpaired) electrons. The van der Waals surface area contributed by atoms with E-state index in [9.17, 15) is 0 Å². The van der Waals surface area contributed by atoms with E-state index in [0.29, 0.717) is 0 Å². The Morgan fingerprint density at radius 3 is 0.883 bits per heavy atom. The highest BCUT2D eigenvalue weighted by Crippen LogP contribution is 2.52. The number of nitrogens with zero attached hydrogens (tertiary/aromatic N) is 4. The van der Waals surface area contributed by atoms with Crippen LogP contribution in [-0.4, -0.2) is 13.4 Å². The smallest absolute Gasteiger partial charge is 0.252 e. The number of ether oxygens (including phenoxy) is 2. The van der Waals surface area contributed by atoms with Gasteiger partial charge < -0.3 is 29.1 Å². The molecule has 438 valence electrons. The highest BCUT2D eigenvalue weighted by atomic mass is 16.5. The van der Waals surface area contributed by atoms with E-state index in [1.165, 1.54) is 71.0 Å². The van der Waals surface area contributed by atoms with Crippen LogP contribution >= 0.6 is 0 Å². The second-order valence-electron chi connectivity index (χ2n) is 24.6. The molecule has 15 aromatic rings. The largest absolute Gasteiger partial charge is 0.457 e. The zero-order valence-electron chi connectivity index (χ0n) is 51.1. The minimum Gasteiger partial charge on any atom is -0.457 e. The first-order valence-corrected chi connectivity index (χ1v) is 32.3. The Bertz CT molecular complexity index is 5410. The Balaban J connectivity index is 0.856. The maximum Gasteiger partial charge on any atom is 0.252 e. The summed E-state index contributed by atoms with van der Waals surface area (Å²) in [6.45, 7) is -0.367. The number of benzene rings is 15. The lowest BCUT2D eigenvalue weighted by Gasteiger charge is -2.47. The van der Waals surface area contributed by atoms with Gasteiger partial charge in [0.05, 0.1) is 0 Å². The molecule has 0 fully saturated rings. The first kappa shape index (κ1) is 53.6. The van der Waals surface area contributed by atoms with Crippen molar-refractivity contribution in [3.8, 4) is 45.3 Å². The summed E-state index contributed by atoms with van der Waals surface area (Å²) in [5.74, 6) is 3.02. The summed E-state index contributed by atoms with van der Waals surface area (Å²) in [6, 6.07) is 123. The normalized spacial score (nSPS) is 13.0. The van der Waals surface area contributed by atoms with Gasteiger partial charge in [0.1, 0.15) is 23.0 Å². The number of para-hydroxylation sites is 7. The van der Waals surface area contributed by atoms with Gasteiger partial charge in [-0.3, -0.25) is 0 Å². The topological polar surface area (TPSA) is 31.4 Å². The molecule has 0 aromatic heterocycles. The summed E-state index contributed by atoms with van der Waals surface area (Å²) in [4.78, 5) is 9.91. The van der Waals surface area contributed by atoms with E-state index >= 15 is 0 Å². The van der Waals surface area contributed by atoms with Crippen LogP contribution in [0.2, 0.25) is 0 Å². The van der Waals surface area contributed by atoms with E-state index in [0.717, 1.165) is 96.8 Å². The van der Waals surface area contributed by atoms with Crippen molar-refractivity contribution in [2.75, 3.05) is 19.6 Å². The highest BCUT2D eigenvalue weighted by molar-refractivity contribution is 7.03. The summed E-state index contributed by atoms with van der Waals surface area (Å²) >= 11 is 0. The molecule has 0 spiro atoms. The van der Waals surface area contributed by atoms with Gasteiger partial charge in [-0.2, -0.15) is 0 Å². The van der Waals surface area contributed by atoms with Gasteiger partial charge in [-0.15, -0.1) is 0 Å². The highest BCUT2D eigenvalue weighted by Gasteiger charge is 2.49. The molecule has 6 nitrogen and oxygen atoms in total. The van der Waals surface area contributed by atoms with Crippen LogP contribution in [0.1, 0.15) is 0 Å². The lowest BCUT2D eigenvalue weighted by Crippen LogP contribution is -2.65. The molecule has 0 N–H and O–H groups in total. The second kappa shape index (κ2) is 21.7. The van der Waals surface area contributed by atoms with E-state index in [1.54, 1.807) is 0 Å². The van der Waals surface area contributed by atoms with Crippen LogP contribution in [0, 0.1) is 0 Å². The van der Waals surface area contributed by atoms with Crippen molar-refractivity contribution in [3.63, 3.8) is 0 Å². The molecule has 0 bridgehead atoms. The zero-order valence-corrected chi connectivity index (χ0v) is 51.1. The van der Waals surface area contributed by atoms with Crippen molar-refractivity contribution < 1.29 is 9.47 Å². The van der Waals surface area contributed by atoms with Crippen molar-refractivity contribution in [1.82, 2.24) is 0 Å². The number of fused-ring (bicyclic) bond motifs is 10. The van der Waals surface area contributed by atoms with Crippen LogP contribution in [0.3, 0.4) is 0 Å². The number of hydrogen-bond acceptors (Lipinski definition) is 6. The van der Waals surface area contributed by atoms with E-state index in [4.69, 9.17) is 9.47 Å². The monoisotopic (exact) mass is 1200 g/mol. The van der Waals surface area contributed by atoms with Gasteiger partial charge in [-0.25, -0.2) is 0 Å². The molecule has 0 amide bonds. The van der Waals surface area contributed by atoms with E-state index in [1.807, 2.05) is 60.7 Å². The van der Waals surface area contributed by atoms with Crippen LogP contribution in [0.5, 0.6) is 23.0 Å². The fourth-order valence-corrected chi connectivity index (χ4v) is 15.7. The van der Waals surface area contributed by atoms with Crippen LogP contribution in [0.25, 0.3) is 43.8 Å². The minimum absolute atomic E-state index is 0.169. The molecule has 0 unspecified atom stereocenters. The molecule has 0 saturated heterocycles. The molecule has 0 saturated carbocycles. The molecule has 4 aliphatic heterocycles. The predicted molar refractivity (Wildman–Crippen MR) is 393 cm³/mol. The Labute approximate surface area is 546 Å². The Morgan fingerprint density at radius 2 is 0.500 bits per heavy atom. The molecule has 19 rings (SSSR count). The summed E-state index contributed by atoms with van der Waals surface area (Å²) in [5, 5.41) is 4.91. The summed E-state index contributed by atoms with van der Waals surface area (Å²) in [7, 11) is 0. The third kappa shape index (κ3) is 8.46. The van der Waals surface area contributed by atoms with E-state index in [2.05, 4.69) is 299 Å². The zero-order chi connectivity index (χ0) is 61.8. The molecule has 15 aromatic carbocycles. The van der Waals surface area contributed by atoms with Crippen molar-refractivity contribution in [3.05, 3.63) is 340 Å². The number of anilines is 12. The molecule has 4 aliphatic rings. The SMILES string of the molecule is c1ccc(Oc2cc3c4c(c2)N(c2ccccc2)c2cc5c(cc2B4c2ccccc2N3c2ccccc2)B2c3ccccc3N(c3ccc(-c4c6ccccc6c(-c6ccccc6)c6ccccc46)cc3)c3cc(Oc4ccccc4)cc(c32)N5c2ccccc2)cc1. The maximum absolute atomic E-state index is 7.09. The second-order valence-corrected chi connectivity index (χ2v) is 24.6. The molecule has 4 heterocycles. The van der Waals surface area contributed by atoms with E-state index in [-0.39, 0.29) is 13.4 Å². The third-order valence-electron chi connectivity index (χ3n) is 19.4. The molecule has 94 heavy (non-hydrogen) atoms. The quantitative estimate of drug-likeness (QED) is 0.100. The average molecular weight is 1200 g/mol. The fraction of sp³-hybridized carbons (Fsp3) is 0. The molecular formula is C86H56B2N4O2. The number of rotatable bonds is 10. The standard InChI is InChI=1S/C86H56B2N4O2/c1-7-27-57(28-8-1)83-67-39-19-21-41-69(67)84(70-42-22-20-40-68(70)83)58-47-49-62(50-48-58)90-76-46-26-24-44-72(76)88-74-55-73-77(56-78(74)92(61-33-13-4-14-34-61)82-54-66(52-80(90)86(82)88)94-64-37-17-6-18-38-64)91(60-31-11-3-12-32-60)81-53-65(93-63-35-15-5-16-36-63)51-79-85(81)87(73)71-43-23-25-45-75(71)89(79)59-29-9-2-10-30-59/h1-56H. The van der Waals surface area contributed by atoms with Gasteiger partial charge in [0.15, 0.2) is 0 Å². The van der Waals surface area contributed by atoms with Crippen molar-refractivity contribution in [1.29, 1.82) is 0 Å². The molecule has 0 atom stereocenters. The number of hydrogen-bond donors (Lipinski definition) is 0. The van der Waals surface area contributed by atoms with Gasteiger partial charge in [-0.05, 0) is 168 Å². The van der Waals surface area contributed by atoms with Gasteiger partial charge in [0.25, 0.3) is 13.4 Å². The Hall–Kier alpha value is -12.3.